The second kappa shape index (κ2) is 14.3. The molecule has 0 bridgehead atoms. The van der Waals surface area contributed by atoms with Gasteiger partial charge in [0, 0.05) is 38.1 Å². The van der Waals surface area contributed by atoms with E-state index in [4.69, 9.17) is 4.74 Å². The Morgan fingerprint density at radius 3 is 2.56 bits per heavy atom. The number of nitrogens with zero attached hydrogens (tertiary/aromatic N) is 7. The highest BCUT2D eigenvalue weighted by atomic mass is 16.5. The maximum Gasteiger partial charge on any atom is 0.280 e. The lowest BCUT2D eigenvalue weighted by molar-refractivity contribution is 0.0938. The number of carbonyl (C=O) groups is 1. The van der Waals surface area contributed by atoms with Gasteiger partial charge in [-0.25, -0.2) is 14.2 Å². The molecule has 41 heavy (non-hydrogen) atoms. The van der Waals surface area contributed by atoms with Crippen molar-refractivity contribution in [3.05, 3.63) is 81.8 Å². The minimum atomic E-state index is -0.310. The number of rotatable bonds is 6. The van der Waals surface area contributed by atoms with E-state index in [1.807, 2.05) is 83.4 Å². The first-order chi connectivity index (χ1) is 19.7. The molecule has 1 N–H and O–H groups in total. The highest BCUT2D eigenvalue weighted by Gasteiger charge is 2.28. The second-order valence-electron chi connectivity index (χ2n) is 9.81. The molecule has 0 unspecified atom stereocenters. The molecule has 0 saturated carbocycles. The van der Waals surface area contributed by atoms with Crippen LogP contribution in [0.4, 0.5) is 5.82 Å². The van der Waals surface area contributed by atoms with E-state index in [-0.39, 0.29) is 23.1 Å². The number of hydrogen-bond acceptors (Lipinski definition) is 7. The summed E-state index contributed by atoms with van der Waals surface area (Å²) < 4.78 is 10.0. The number of nitrogens with one attached hydrogen (secondary N) is 1. The van der Waals surface area contributed by atoms with Crippen LogP contribution in [0.5, 0.6) is 5.75 Å². The molecule has 4 aromatic heterocycles. The van der Waals surface area contributed by atoms with Gasteiger partial charge >= 0.3 is 0 Å². The Morgan fingerprint density at radius 1 is 1.17 bits per heavy atom. The molecule has 1 atom stereocenters. The number of amides is 1. The molecule has 4 aromatic rings. The van der Waals surface area contributed by atoms with Crippen LogP contribution in [0.2, 0.25) is 0 Å². The predicted molar refractivity (Wildman–Crippen MR) is 162 cm³/mol. The Kier molecular flexibility index (Phi) is 10.8. The maximum atomic E-state index is 13.0. The maximum absolute atomic E-state index is 13.0. The molecule has 1 saturated heterocycles. The van der Waals surface area contributed by atoms with Gasteiger partial charge in [-0.3, -0.25) is 19.3 Å². The fourth-order valence-corrected chi connectivity index (χ4v) is 4.46. The van der Waals surface area contributed by atoms with Crippen LogP contribution in [-0.2, 0) is 13.6 Å². The predicted octanol–water partition coefficient (Wildman–Crippen LogP) is 3.94. The van der Waals surface area contributed by atoms with Gasteiger partial charge in [-0.05, 0) is 58.4 Å². The van der Waals surface area contributed by atoms with Gasteiger partial charge in [-0.2, -0.15) is 0 Å². The number of allylic oxidation sites excluding steroid dienone is 2. The lowest BCUT2D eigenvalue weighted by atomic mass is 10.2. The first-order valence-electron chi connectivity index (χ1n) is 13.9. The molecule has 220 valence electrons. The van der Waals surface area contributed by atoms with Crippen LogP contribution in [0, 0.1) is 13.8 Å². The molecule has 1 aliphatic rings. The van der Waals surface area contributed by atoms with Crippen molar-refractivity contribution in [2.24, 2.45) is 7.05 Å². The number of aromatic nitrogens is 6. The van der Waals surface area contributed by atoms with E-state index >= 15 is 0 Å². The largest absolute Gasteiger partial charge is 0.495 e. The normalized spacial score (nSPS) is 14.0. The fourth-order valence-electron chi connectivity index (χ4n) is 4.46. The summed E-state index contributed by atoms with van der Waals surface area (Å²) in [7, 11) is 3.43. The summed E-state index contributed by atoms with van der Waals surface area (Å²) in [6, 6.07) is 7.55. The molecule has 11 heteroatoms. The Hall–Kier alpha value is -4.41. The van der Waals surface area contributed by atoms with Crippen molar-refractivity contribution >= 4 is 17.4 Å². The molecule has 5 heterocycles. The molecule has 1 fully saturated rings. The number of fused-ring (bicyclic) bond motifs is 1. The van der Waals surface area contributed by atoms with Crippen molar-refractivity contribution < 1.29 is 9.53 Å². The van der Waals surface area contributed by atoms with E-state index in [0.29, 0.717) is 18.8 Å². The number of imidazole rings is 1. The summed E-state index contributed by atoms with van der Waals surface area (Å²) in [4.78, 5) is 36.1. The van der Waals surface area contributed by atoms with Crippen LogP contribution in [0.3, 0.4) is 0 Å². The molecule has 11 nitrogen and oxygen atoms in total. The van der Waals surface area contributed by atoms with Crippen LogP contribution in [0.1, 0.15) is 55.9 Å². The van der Waals surface area contributed by atoms with Gasteiger partial charge in [-0.1, -0.05) is 25.5 Å². The standard InChI is InChI=1S/C22H29N7O2.C6H7NO.C2H6/c1-14(2)8-11-28-22(31)20(16(4)26(28)5)21(30)24-17-9-10-27(13-17)19-7-6-18-23-12-15(3)29(18)25-19;1-8-6-3-2-4-7-5-6;1-2/h6-8,12,17H,9-11,13H2,1-5H3,(H,24,30);2-5H,1H3;1-2H3/t17-;;/m0../s1. The number of pyridine rings is 1. The molecule has 0 aromatic carbocycles. The van der Waals surface area contributed by atoms with Gasteiger partial charge in [0.2, 0.25) is 0 Å². The van der Waals surface area contributed by atoms with E-state index in [9.17, 15) is 9.59 Å². The molecular formula is C30H42N8O3. The third-order valence-corrected chi connectivity index (χ3v) is 6.79. The third-order valence-electron chi connectivity index (χ3n) is 6.79. The zero-order chi connectivity index (χ0) is 30.1. The van der Waals surface area contributed by atoms with Crippen molar-refractivity contribution in [2.75, 3.05) is 25.1 Å². The van der Waals surface area contributed by atoms with Crippen LogP contribution < -0.4 is 20.5 Å². The number of anilines is 1. The van der Waals surface area contributed by atoms with Gasteiger partial charge in [0.05, 0.1) is 31.7 Å². The summed E-state index contributed by atoms with van der Waals surface area (Å²) in [6.07, 6.45) is 7.95. The van der Waals surface area contributed by atoms with Crippen LogP contribution in [0.25, 0.3) is 5.65 Å². The molecule has 1 amide bonds. The third kappa shape index (κ3) is 7.41. The molecule has 0 spiro atoms. The van der Waals surface area contributed by atoms with Crippen molar-refractivity contribution in [1.29, 1.82) is 0 Å². The Morgan fingerprint density at radius 2 is 1.93 bits per heavy atom. The summed E-state index contributed by atoms with van der Waals surface area (Å²) >= 11 is 0. The smallest absolute Gasteiger partial charge is 0.280 e. The monoisotopic (exact) mass is 562 g/mol. The SMILES string of the molecule is CC.CC(C)=CCn1c(=O)c(C(=O)N[C@H]2CCN(c3ccc4ncc(C)n4n3)C2)c(C)n1C.COc1cccnc1. The highest BCUT2D eigenvalue weighted by Crippen LogP contribution is 2.19. The Bertz CT molecular complexity index is 1530. The van der Waals surface area contributed by atoms with Gasteiger partial charge in [0.1, 0.15) is 17.1 Å². The minimum Gasteiger partial charge on any atom is -0.495 e. The lowest BCUT2D eigenvalue weighted by Gasteiger charge is -2.18. The van der Waals surface area contributed by atoms with E-state index < -0.39 is 0 Å². The van der Waals surface area contributed by atoms with Gasteiger partial charge in [-0.15, -0.1) is 5.10 Å². The quantitative estimate of drug-likeness (QED) is 0.354. The van der Waals surface area contributed by atoms with E-state index in [1.54, 1.807) is 35.1 Å². The van der Waals surface area contributed by atoms with Crippen molar-refractivity contribution in [2.45, 2.75) is 60.5 Å². The average Bonchev–Trinajstić information content (AvgIpc) is 3.66. The fraction of sp³-hybridized carbons (Fsp3) is 0.433. The lowest BCUT2D eigenvalue weighted by Crippen LogP contribution is -2.39. The van der Waals surface area contributed by atoms with Crippen LogP contribution >= 0.6 is 0 Å². The van der Waals surface area contributed by atoms with E-state index in [0.717, 1.165) is 41.4 Å². The summed E-state index contributed by atoms with van der Waals surface area (Å²) in [6.45, 7) is 13.6. The molecule has 5 rings (SSSR count). The Balaban J connectivity index is 0.000000394. The van der Waals surface area contributed by atoms with Gasteiger partial charge < -0.3 is 15.0 Å². The summed E-state index contributed by atoms with van der Waals surface area (Å²) in [5.74, 6) is 1.34. The molecule has 0 aliphatic carbocycles. The zero-order valence-electron chi connectivity index (χ0n) is 25.4. The number of aryl methyl sites for hydroxylation is 1. The van der Waals surface area contributed by atoms with E-state index in [1.165, 1.54) is 0 Å². The zero-order valence-corrected chi connectivity index (χ0v) is 25.4. The molecule has 1 aliphatic heterocycles. The molecule has 0 radical (unpaired) electrons. The second-order valence-corrected chi connectivity index (χ2v) is 9.81. The van der Waals surface area contributed by atoms with E-state index in [2.05, 4.69) is 25.3 Å². The first-order valence-corrected chi connectivity index (χ1v) is 13.9. The van der Waals surface area contributed by atoms with Gasteiger partial charge in [0.25, 0.3) is 11.5 Å². The minimum absolute atomic E-state index is 0.0425. The Labute approximate surface area is 241 Å². The first kappa shape index (κ1) is 31.1. The van der Waals surface area contributed by atoms with Crippen molar-refractivity contribution in [3.8, 4) is 5.75 Å². The average molecular weight is 563 g/mol. The van der Waals surface area contributed by atoms with Crippen LogP contribution in [0.15, 0.2) is 59.3 Å². The number of ether oxygens (including phenoxy) is 1. The number of hydrogen-bond donors (Lipinski definition) is 1. The number of carbonyl (C=O) groups excluding carboxylic acids is 1. The highest BCUT2D eigenvalue weighted by molar-refractivity contribution is 5.95. The molecular weight excluding hydrogens is 520 g/mol. The van der Waals surface area contributed by atoms with Crippen molar-refractivity contribution in [1.82, 2.24) is 34.3 Å². The topological polar surface area (TPSA) is 112 Å². The van der Waals surface area contributed by atoms with Crippen LogP contribution in [-0.4, -0.2) is 61.1 Å². The van der Waals surface area contributed by atoms with Crippen molar-refractivity contribution in [3.63, 3.8) is 0 Å². The summed E-state index contributed by atoms with van der Waals surface area (Å²) in [5, 5.41) is 7.73. The van der Waals surface area contributed by atoms with Gasteiger partial charge in [0.15, 0.2) is 5.65 Å². The summed E-state index contributed by atoms with van der Waals surface area (Å²) in [5.41, 5.74) is 3.55. The number of methoxy groups -OCH3 is 1.